The van der Waals surface area contributed by atoms with Crippen molar-refractivity contribution in [3.63, 3.8) is 0 Å². The Kier molecular flexibility index (Phi) is 6.63. The highest BCUT2D eigenvalue weighted by Gasteiger charge is 2.35. The second-order valence-corrected chi connectivity index (χ2v) is 10.4. The second kappa shape index (κ2) is 9.31. The molecule has 2 aromatic carbocycles. The number of pyridine rings is 1. The summed E-state index contributed by atoms with van der Waals surface area (Å²) in [4.78, 5) is 16.2. The van der Waals surface area contributed by atoms with E-state index in [-0.39, 0.29) is 38.2 Å². The molecule has 4 aromatic rings. The number of esters is 1. The fraction of sp³-hybridized carbons (Fsp3) is 0.231. The lowest BCUT2D eigenvalue weighted by molar-refractivity contribution is -0.137. The molecule has 0 aliphatic carbocycles. The van der Waals surface area contributed by atoms with Crippen LogP contribution < -0.4 is 0 Å². The van der Waals surface area contributed by atoms with E-state index in [9.17, 15) is 31.5 Å². The van der Waals surface area contributed by atoms with Gasteiger partial charge in [-0.2, -0.15) is 13.2 Å². The second-order valence-electron chi connectivity index (χ2n) is 8.57. The molecule has 1 unspecified atom stereocenters. The normalized spacial score (nSPS) is 13.1. The van der Waals surface area contributed by atoms with Gasteiger partial charge >= 0.3 is 12.1 Å². The summed E-state index contributed by atoms with van der Waals surface area (Å²) < 4.78 is 74.2. The van der Waals surface area contributed by atoms with Crippen molar-refractivity contribution in [3.8, 4) is 0 Å². The van der Waals surface area contributed by atoms with Crippen molar-refractivity contribution in [3.05, 3.63) is 93.9 Å². The van der Waals surface area contributed by atoms with Crippen molar-refractivity contribution in [2.24, 2.45) is 0 Å². The summed E-state index contributed by atoms with van der Waals surface area (Å²) in [6, 6.07) is 10.2. The maximum Gasteiger partial charge on any atom is 0.416 e. The van der Waals surface area contributed by atoms with Gasteiger partial charge in [0.1, 0.15) is 6.10 Å². The van der Waals surface area contributed by atoms with Crippen LogP contribution in [0.3, 0.4) is 0 Å². The molecule has 11 heteroatoms. The van der Waals surface area contributed by atoms with Crippen LogP contribution in [0.5, 0.6) is 0 Å². The number of aromatic nitrogens is 2. The number of methoxy groups -OCH3 is 1. The van der Waals surface area contributed by atoms with Crippen LogP contribution in [-0.4, -0.2) is 35.6 Å². The van der Waals surface area contributed by atoms with E-state index in [4.69, 9.17) is 4.74 Å². The first-order valence-corrected chi connectivity index (χ1v) is 12.5. The number of aryl methyl sites for hydroxylation is 2. The minimum atomic E-state index is -4.73. The quantitative estimate of drug-likeness (QED) is 0.360. The lowest BCUT2D eigenvalue weighted by atomic mass is 9.96. The molecule has 2 aromatic heterocycles. The van der Waals surface area contributed by atoms with Crippen LogP contribution in [0.15, 0.2) is 59.6 Å². The van der Waals surface area contributed by atoms with E-state index < -0.39 is 33.8 Å². The minimum Gasteiger partial charge on any atom is -0.465 e. The number of nitrogens with zero attached hydrogens (tertiary/aromatic N) is 2. The van der Waals surface area contributed by atoms with Gasteiger partial charge in [0.05, 0.1) is 34.3 Å². The average Bonchev–Trinajstić information content (AvgIpc) is 3.25. The van der Waals surface area contributed by atoms with Gasteiger partial charge in [0.15, 0.2) is 0 Å². The van der Waals surface area contributed by atoms with Crippen molar-refractivity contribution in [1.82, 2.24) is 8.96 Å². The van der Waals surface area contributed by atoms with Gasteiger partial charge in [0, 0.05) is 22.8 Å². The topological polar surface area (TPSA) is 98.5 Å². The highest BCUT2D eigenvalue weighted by atomic mass is 32.2. The molecule has 0 bridgehead atoms. The summed E-state index contributed by atoms with van der Waals surface area (Å²) in [7, 11) is -3.28. The molecule has 37 heavy (non-hydrogen) atoms. The number of ether oxygens (including phenoxy) is 1. The van der Waals surface area contributed by atoms with E-state index in [1.54, 1.807) is 19.9 Å². The van der Waals surface area contributed by atoms with E-state index in [0.29, 0.717) is 11.3 Å². The van der Waals surface area contributed by atoms with Gasteiger partial charge in [-0.05, 0) is 62.2 Å². The summed E-state index contributed by atoms with van der Waals surface area (Å²) in [6.45, 7) is 4.55. The van der Waals surface area contributed by atoms with Gasteiger partial charge in [-0.1, -0.05) is 18.2 Å². The first kappa shape index (κ1) is 26.4. The zero-order valence-electron chi connectivity index (χ0n) is 20.3. The van der Waals surface area contributed by atoms with Gasteiger partial charge in [0.25, 0.3) is 10.0 Å². The molecule has 0 saturated carbocycles. The first-order chi connectivity index (χ1) is 17.3. The van der Waals surface area contributed by atoms with Crippen molar-refractivity contribution in [2.45, 2.75) is 37.9 Å². The molecular formula is C26H23F3N2O5S. The molecule has 194 valence electrons. The Morgan fingerprint density at radius 3 is 2.32 bits per heavy atom. The molecule has 7 nitrogen and oxygen atoms in total. The van der Waals surface area contributed by atoms with Gasteiger partial charge < -0.3 is 9.84 Å². The number of hydrogen-bond donors (Lipinski definition) is 1. The lowest BCUT2D eigenvalue weighted by Crippen LogP contribution is -2.20. The number of aliphatic hydroxyl groups excluding tert-OH is 1. The number of benzene rings is 2. The number of fused-ring (bicyclic) bond motifs is 1. The third kappa shape index (κ3) is 4.49. The summed E-state index contributed by atoms with van der Waals surface area (Å²) in [5, 5.41) is 11.8. The summed E-state index contributed by atoms with van der Waals surface area (Å²) in [6.07, 6.45) is -5.10. The van der Waals surface area contributed by atoms with E-state index >= 15 is 0 Å². The zero-order chi connectivity index (χ0) is 27.3. The van der Waals surface area contributed by atoms with Crippen molar-refractivity contribution in [2.75, 3.05) is 7.11 Å². The van der Waals surface area contributed by atoms with E-state index in [0.717, 1.165) is 16.1 Å². The molecule has 0 aliphatic heterocycles. The molecular weight excluding hydrogens is 509 g/mol. The third-order valence-corrected chi connectivity index (χ3v) is 8.02. The number of halogens is 3. The zero-order valence-corrected chi connectivity index (χ0v) is 21.1. The van der Waals surface area contributed by atoms with Crippen LogP contribution >= 0.6 is 0 Å². The monoisotopic (exact) mass is 532 g/mol. The highest BCUT2D eigenvalue weighted by Crippen LogP contribution is 2.39. The number of hydrogen-bond acceptors (Lipinski definition) is 6. The fourth-order valence-corrected chi connectivity index (χ4v) is 5.96. The third-order valence-electron chi connectivity index (χ3n) is 6.26. The maximum atomic E-state index is 13.8. The van der Waals surface area contributed by atoms with Crippen LogP contribution in [-0.2, 0) is 20.9 Å². The summed E-state index contributed by atoms with van der Waals surface area (Å²) >= 11 is 0. The molecule has 0 spiro atoms. The summed E-state index contributed by atoms with van der Waals surface area (Å²) in [5.41, 5.74) is -0.477. The number of aliphatic hydroxyl groups is 1. The maximum absolute atomic E-state index is 13.8. The number of rotatable bonds is 5. The predicted molar refractivity (Wildman–Crippen MR) is 130 cm³/mol. The Morgan fingerprint density at radius 1 is 1.08 bits per heavy atom. The molecule has 0 amide bonds. The number of carbonyl (C=O) groups is 1. The van der Waals surface area contributed by atoms with Crippen LogP contribution in [0.25, 0.3) is 10.9 Å². The highest BCUT2D eigenvalue weighted by molar-refractivity contribution is 7.90. The molecule has 0 saturated heterocycles. The standard InChI is InChI=1S/C26H23F3N2O5S/c1-14-10-17(26(27,28)29)11-21-19(14)12-22(31(21)37(34,35)18-8-6-5-7-9-18)24(32)23-15(2)20(25(33)36-4)13-30-16(23)3/h5-13,24,32H,1-4H3. The van der Waals surface area contributed by atoms with Crippen molar-refractivity contribution < 1.29 is 36.2 Å². The van der Waals surface area contributed by atoms with Crippen molar-refractivity contribution in [1.29, 1.82) is 0 Å². The smallest absolute Gasteiger partial charge is 0.416 e. The van der Waals surface area contributed by atoms with Gasteiger partial charge in [-0.15, -0.1) is 0 Å². The van der Waals surface area contributed by atoms with Crippen LogP contribution in [0.4, 0.5) is 13.2 Å². The summed E-state index contributed by atoms with van der Waals surface area (Å²) in [5.74, 6) is -0.707. The Bertz CT molecular complexity index is 1630. The van der Waals surface area contributed by atoms with E-state index in [2.05, 4.69) is 4.98 Å². The first-order valence-electron chi connectivity index (χ1n) is 11.0. The van der Waals surface area contributed by atoms with Gasteiger partial charge in [-0.3, -0.25) is 4.98 Å². The van der Waals surface area contributed by atoms with E-state index in [1.165, 1.54) is 50.6 Å². The van der Waals surface area contributed by atoms with E-state index in [1.807, 2.05) is 0 Å². The number of carbonyl (C=O) groups excluding carboxylic acids is 1. The molecule has 4 rings (SSSR count). The molecule has 1 N–H and O–H groups in total. The predicted octanol–water partition coefficient (Wildman–Crippen LogP) is 5.09. The van der Waals surface area contributed by atoms with Crippen LogP contribution in [0.1, 0.15) is 50.1 Å². The van der Waals surface area contributed by atoms with Crippen LogP contribution in [0.2, 0.25) is 0 Å². The average molecular weight is 533 g/mol. The van der Waals surface area contributed by atoms with Crippen LogP contribution in [0, 0.1) is 20.8 Å². The molecule has 2 heterocycles. The SMILES string of the molecule is COC(=O)c1cnc(C)c(C(O)c2cc3c(C)cc(C(F)(F)F)cc3n2S(=O)(=O)c2ccccc2)c1C. The number of alkyl halides is 3. The molecule has 1 atom stereocenters. The van der Waals surface area contributed by atoms with Gasteiger partial charge in [0.2, 0.25) is 0 Å². The fourth-order valence-electron chi connectivity index (χ4n) is 4.41. The Hall–Kier alpha value is -3.70. The molecule has 0 fully saturated rings. The Morgan fingerprint density at radius 2 is 1.73 bits per heavy atom. The Balaban J connectivity index is 2.10. The van der Waals surface area contributed by atoms with Gasteiger partial charge in [-0.25, -0.2) is 17.2 Å². The molecule has 0 radical (unpaired) electrons. The molecule has 0 aliphatic rings. The largest absolute Gasteiger partial charge is 0.465 e. The lowest BCUT2D eigenvalue weighted by Gasteiger charge is -2.20. The van der Waals surface area contributed by atoms with Crippen molar-refractivity contribution >= 4 is 26.9 Å². The Labute approximate surface area is 211 Å². The minimum absolute atomic E-state index is 0.0614.